The SMILES string of the molecule is CN(C)C(=O)N(C)c1cc(C2CC2)on1. The van der Waals surface area contributed by atoms with Gasteiger partial charge in [-0.3, -0.25) is 4.90 Å². The van der Waals surface area contributed by atoms with Gasteiger partial charge in [-0.15, -0.1) is 0 Å². The number of aromatic nitrogens is 1. The van der Waals surface area contributed by atoms with Gasteiger partial charge in [0.1, 0.15) is 5.76 Å². The van der Waals surface area contributed by atoms with Crippen molar-refractivity contribution in [2.24, 2.45) is 0 Å². The van der Waals surface area contributed by atoms with Crippen molar-refractivity contribution in [3.63, 3.8) is 0 Å². The maximum Gasteiger partial charge on any atom is 0.324 e. The Hall–Kier alpha value is -1.52. The second-order valence-corrected chi connectivity index (χ2v) is 4.10. The van der Waals surface area contributed by atoms with Crippen molar-refractivity contribution in [2.45, 2.75) is 18.8 Å². The molecule has 0 N–H and O–H groups in total. The van der Waals surface area contributed by atoms with Crippen LogP contribution in [0.15, 0.2) is 10.6 Å². The first kappa shape index (κ1) is 10.0. The zero-order valence-corrected chi connectivity index (χ0v) is 9.23. The predicted molar refractivity (Wildman–Crippen MR) is 56.0 cm³/mol. The molecule has 0 saturated heterocycles. The Labute approximate surface area is 88.6 Å². The molecule has 15 heavy (non-hydrogen) atoms. The number of hydrogen-bond donors (Lipinski definition) is 0. The van der Waals surface area contributed by atoms with E-state index in [1.807, 2.05) is 6.07 Å². The van der Waals surface area contributed by atoms with Gasteiger partial charge in [0, 0.05) is 33.1 Å². The summed E-state index contributed by atoms with van der Waals surface area (Å²) < 4.78 is 5.18. The lowest BCUT2D eigenvalue weighted by molar-refractivity contribution is 0.224. The summed E-state index contributed by atoms with van der Waals surface area (Å²) in [6.07, 6.45) is 2.33. The van der Waals surface area contributed by atoms with Gasteiger partial charge >= 0.3 is 6.03 Å². The number of nitrogens with zero attached hydrogens (tertiary/aromatic N) is 3. The Morgan fingerprint density at radius 2 is 2.13 bits per heavy atom. The second-order valence-electron chi connectivity index (χ2n) is 4.10. The molecule has 0 radical (unpaired) electrons. The van der Waals surface area contributed by atoms with E-state index in [2.05, 4.69) is 5.16 Å². The number of carbonyl (C=O) groups is 1. The lowest BCUT2D eigenvalue weighted by Crippen LogP contribution is -2.36. The zero-order chi connectivity index (χ0) is 11.0. The molecule has 1 saturated carbocycles. The summed E-state index contributed by atoms with van der Waals surface area (Å²) in [5.41, 5.74) is 0. The minimum absolute atomic E-state index is 0.106. The van der Waals surface area contributed by atoms with Crippen LogP contribution in [0.3, 0.4) is 0 Å². The molecule has 2 rings (SSSR count). The summed E-state index contributed by atoms with van der Waals surface area (Å²) in [6, 6.07) is 1.74. The number of hydrogen-bond acceptors (Lipinski definition) is 3. The van der Waals surface area contributed by atoms with E-state index in [0.717, 1.165) is 5.76 Å². The average molecular weight is 209 g/mol. The number of urea groups is 1. The molecule has 5 nitrogen and oxygen atoms in total. The molecule has 1 aromatic heterocycles. The Kier molecular flexibility index (Phi) is 2.38. The molecule has 5 heteroatoms. The standard InChI is InChI=1S/C10H15N3O2/c1-12(2)10(14)13(3)9-6-8(15-11-9)7-4-5-7/h6-7H,4-5H2,1-3H3. The van der Waals surface area contributed by atoms with Crippen LogP contribution >= 0.6 is 0 Å². The minimum atomic E-state index is -0.106. The molecule has 0 atom stereocenters. The third kappa shape index (κ3) is 1.95. The maximum atomic E-state index is 11.6. The Bertz CT molecular complexity index is 368. The van der Waals surface area contributed by atoms with Crippen molar-refractivity contribution < 1.29 is 9.32 Å². The molecular formula is C10H15N3O2. The molecule has 82 valence electrons. The first-order valence-corrected chi connectivity index (χ1v) is 5.01. The van der Waals surface area contributed by atoms with Crippen LogP contribution < -0.4 is 4.90 Å². The molecule has 1 aliphatic rings. The lowest BCUT2D eigenvalue weighted by Gasteiger charge is -2.18. The van der Waals surface area contributed by atoms with E-state index in [9.17, 15) is 4.79 Å². The van der Waals surface area contributed by atoms with Gasteiger partial charge in [-0.2, -0.15) is 0 Å². The van der Waals surface area contributed by atoms with Crippen molar-refractivity contribution in [3.8, 4) is 0 Å². The van der Waals surface area contributed by atoms with E-state index in [-0.39, 0.29) is 6.03 Å². The number of amides is 2. The molecular weight excluding hydrogens is 194 g/mol. The topological polar surface area (TPSA) is 49.6 Å². The summed E-state index contributed by atoms with van der Waals surface area (Å²) in [6.45, 7) is 0. The highest BCUT2D eigenvalue weighted by molar-refractivity contribution is 5.89. The number of carbonyl (C=O) groups excluding carboxylic acids is 1. The number of anilines is 1. The van der Waals surface area contributed by atoms with E-state index in [0.29, 0.717) is 11.7 Å². The quantitative estimate of drug-likeness (QED) is 0.744. The van der Waals surface area contributed by atoms with Crippen LogP contribution in [-0.4, -0.2) is 37.2 Å². The van der Waals surface area contributed by atoms with Gasteiger partial charge in [-0.1, -0.05) is 5.16 Å². The molecule has 0 aliphatic heterocycles. The summed E-state index contributed by atoms with van der Waals surface area (Å²) in [7, 11) is 5.11. The molecule has 0 bridgehead atoms. The zero-order valence-electron chi connectivity index (χ0n) is 9.23. The van der Waals surface area contributed by atoms with E-state index < -0.39 is 0 Å². The van der Waals surface area contributed by atoms with Gasteiger partial charge in [0.25, 0.3) is 0 Å². The van der Waals surface area contributed by atoms with Crippen LogP contribution in [-0.2, 0) is 0 Å². The highest BCUT2D eigenvalue weighted by atomic mass is 16.5. The maximum absolute atomic E-state index is 11.6. The van der Waals surface area contributed by atoms with E-state index in [4.69, 9.17) is 4.52 Å². The molecule has 0 aromatic carbocycles. The average Bonchev–Trinajstić information content (AvgIpc) is 2.94. The van der Waals surface area contributed by atoms with Crippen LogP contribution in [0.4, 0.5) is 10.6 Å². The Morgan fingerprint density at radius 1 is 1.47 bits per heavy atom. The molecule has 1 aliphatic carbocycles. The van der Waals surface area contributed by atoms with Crippen molar-refractivity contribution in [2.75, 3.05) is 26.0 Å². The Balaban J connectivity index is 2.10. The number of rotatable bonds is 2. The van der Waals surface area contributed by atoms with Crippen molar-refractivity contribution in [1.29, 1.82) is 0 Å². The molecule has 1 fully saturated rings. The molecule has 1 heterocycles. The van der Waals surface area contributed by atoms with E-state index in [1.165, 1.54) is 22.6 Å². The van der Waals surface area contributed by atoms with Gasteiger partial charge in [-0.05, 0) is 12.8 Å². The fourth-order valence-electron chi connectivity index (χ4n) is 1.40. The van der Waals surface area contributed by atoms with Crippen LogP contribution in [0, 0.1) is 0 Å². The van der Waals surface area contributed by atoms with Crippen LogP contribution in [0.2, 0.25) is 0 Å². The fourth-order valence-corrected chi connectivity index (χ4v) is 1.40. The smallest absolute Gasteiger partial charge is 0.324 e. The van der Waals surface area contributed by atoms with Crippen LogP contribution in [0.25, 0.3) is 0 Å². The fraction of sp³-hybridized carbons (Fsp3) is 0.600. The monoisotopic (exact) mass is 209 g/mol. The summed E-state index contributed by atoms with van der Waals surface area (Å²) in [4.78, 5) is 14.6. The molecule has 1 aromatic rings. The first-order chi connectivity index (χ1) is 7.09. The largest absolute Gasteiger partial charge is 0.359 e. The third-order valence-corrected chi connectivity index (χ3v) is 2.51. The molecule has 0 unspecified atom stereocenters. The van der Waals surface area contributed by atoms with E-state index >= 15 is 0 Å². The van der Waals surface area contributed by atoms with Crippen LogP contribution in [0.1, 0.15) is 24.5 Å². The van der Waals surface area contributed by atoms with Gasteiger partial charge < -0.3 is 9.42 Å². The van der Waals surface area contributed by atoms with Crippen molar-refractivity contribution >= 4 is 11.8 Å². The van der Waals surface area contributed by atoms with Crippen LogP contribution in [0.5, 0.6) is 0 Å². The highest BCUT2D eigenvalue weighted by Gasteiger charge is 2.29. The second kappa shape index (κ2) is 3.56. The highest BCUT2D eigenvalue weighted by Crippen LogP contribution is 2.41. The van der Waals surface area contributed by atoms with Gasteiger partial charge in [-0.25, -0.2) is 4.79 Å². The lowest BCUT2D eigenvalue weighted by atomic mass is 10.3. The summed E-state index contributed by atoms with van der Waals surface area (Å²) in [5, 5.41) is 3.88. The van der Waals surface area contributed by atoms with Crippen molar-refractivity contribution in [3.05, 3.63) is 11.8 Å². The third-order valence-electron chi connectivity index (χ3n) is 2.51. The normalized spacial score (nSPS) is 15.1. The van der Waals surface area contributed by atoms with Gasteiger partial charge in [0.15, 0.2) is 5.82 Å². The molecule has 2 amide bonds. The van der Waals surface area contributed by atoms with E-state index in [1.54, 1.807) is 21.1 Å². The Morgan fingerprint density at radius 3 is 2.67 bits per heavy atom. The first-order valence-electron chi connectivity index (χ1n) is 5.01. The van der Waals surface area contributed by atoms with Gasteiger partial charge in [0.2, 0.25) is 0 Å². The summed E-state index contributed by atoms with van der Waals surface area (Å²) in [5.74, 6) is 1.99. The molecule has 0 spiro atoms. The summed E-state index contributed by atoms with van der Waals surface area (Å²) >= 11 is 0. The van der Waals surface area contributed by atoms with Gasteiger partial charge in [0.05, 0.1) is 0 Å². The predicted octanol–water partition coefficient (Wildman–Crippen LogP) is 1.67. The minimum Gasteiger partial charge on any atom is -0.359 e. The van der Waals surface area contributed by atoms with Crippen molar-refractivity contribution in [1.82, 2.24) is 10.1 Å².